The molecule has 0 saturated carbocycles. The predicted molar refractivity (Wildman–Crippen MR) is 102 cm³/mol. The number of aromatic amines is 1. The smallest absolute Gasteiger partial charge is 0.276 e. The number of fused-ring (bicyclic) bond motifs is 1. The molecule has 1 saturated heterocycles. The molecule has 136 valence electrons. The number of H-pyrrole nitrogens is 1. The van der Waals surface area contributed by atoms with Gasteiger partial charge in [0.05, 0.1) is 5.69 Å². The molecule has 0 radical (unpaired) electrons. The van der Waals surface area contributed by atoms with Gasteiger partial charge in [0, 0.05) is 36.0 Å². The molecule has 0 bridgehead atoms. The van der Waals surface area contributed by atoms with E-state index in [2.05, 4.69) is 16.2 Å². The van der Waals surface area contributed by atoms with Crippen molar-refractivity contribution in [2.24, 2.45) is 0 Å². The monoisotopic (exact) mass is 361 g/mol. The molecule has 1 aliphatic rings. The van der Waals surface area contributed by atoms with Crippen LogP contribution in [0, 0.1) is 11.3 Å². The lowest BCUT2D eigenvalue weighted by Gasteiger charge is -2.18. The fourth-order valence-corrected chi connectivity index (χ4v) is 3.59. The highest BCUT2D eigenvalue weighted by molar-refractivity contribution is 5.96. The van der Waals surface area contributed by atoms with E-state index in [0.717, 1.165) is 17.7 Å². The molecule has 0 atom stereocenters. The molecular formula is C20H19N5O2. The van der Waals surface area contributed by atoms with E-state index in [-0.39, 0.29) is 17.4 Å². The van der Waals surface area contributed by atoms with E-state index in [4.69, 9.17) is 0 Å². The summed E-state index contributed by atoms with van der Waals surface area (Å²) in [6.45, 7) is 4.58. The van der Waals surface area contributed by atoms with Crippen LogP contribution in [0.3, 0.4) is 0 Å². The molecular weight excluding hydrogens is 342 g/mol. The molecule has 1 aromatic carbocycles. The van der Waals surface area contributed by atoms with Gasteiger partial charge in [-0.3, -0.25) is 14.7 Å². The summed E-state index contributed by atoms with van der Waals surface area (Å²) in [7, 11) is 0. The Bertz CT molecular complexity index is 1150. The van der Waals surface area contributed by atoms with Gasteiger partial charge >= 0.3 is 0 Å². The van der Waals surface area contributed by atoms with Crippen molar-refractivity contribution in [1.29, 1.82) is 5.26 Å². The van der Waals surface area contributed by atoms with Crippen molar-refractivity contribution in [3.8, 4) is 17.3 Å². The number of hydrogen-bond acceptors (Lipinski definition) is 4. The second-order valence-electron chi connectivity index (χ2n) is 6.99. The molecule has 1 fully saturated rings. The summed E-state index contributed by atoms with van der Waals surface area (Å²) < 4.78 is 1.31. The second-order valence-corrected chi connectivity index (χ2v) is 6.99. The summed E-state index contributed by atoms with van der Waals surface area (Å²) in [4.78, 5) is 31.5. The quantitative estimate of drug-likeness (QED) is 0.776. The number of carbonyl (C=O) groups is 1. The summed E-state index contributed by atoms with van der Waals surface area (Å²) in [6.07, 6.45) is 2.89. The Balaban J connectivity index is 1.96. The summed E-state index contributed by atoms with van der Waals surface area (Å²) in [5.74, 6) is 0.0555. The molecule has 3 aromatic rings. The first kappa shape index (κ1) is 17.0. The van der Waals surface area contributed by atoms with Gasteiger partial charge in [-0.15, -0.1) is 0 Å². The van der Waals surface area contributed by atoms with Crippen LogP contribution >= 0.6 is 0 Å². The van der Waals surface area contributed by atoms with E-state index < -0.39 is 0 Å². The number of carbonyl (C=O) groups excluding carboxylic acids is 1. The van der Waals surface area contributed by atoms with E-state index in [0.29, 0.717) is 35.4 Å². The van der Waals surface area contributed by atoms with Gasteiger partial charge in [-0.25, -0.2) is 9.50 Å². The Morgan fingerprint density at radius 2 is 2.11 bits per heavy atom. The third-order valence-corrected chi connectivity index (χ3v) is 4.90. The number of benzene rings is 1. The fourth-order valence-electron chi connectivity index (χ4n) is 3.59. The first-order valence-electron chi connectivity index (χ1n) is 8.96. The van der Waals surface area contributed by atoms with Gasteiger partial charge in [-0.05, 0) is 24.5 Å². The molecule has 1 amide bonds. The lowest BCUT2D eigenvalue weighted by atomic mass is 9.98. The maximum absolute atomic E-state index is 13.0. The normalized spacial score (nSPS) is 14.3. The van der Waals surface area contributed by atoms with Crippen molar-refractivity contribution in [2.75, 3.05) is 11.4 Å². The minimum Gasteiger partial charge on any atom is -0.312 e. The Hall–Kier alpha value is -3.40. The third-order valence-electron chi connectivity index (χ3n) is 4.90. The first-order chi connectivity index (χ1) is 13.0. The standard InChI is InChI=1S/C20H19N5O2/c1-12(2)17-18(23-19-14(10-21)11-22-25(19)20(17)27)13-5-3-6-15(9-13)24-8-4-7-16(24)26/h3,5-6,9,11-12,22H,4,7-8H2,1-2H3. The van der Waals surface area contributed by atoms with Crippen molar-refractivity contribution >= 4 is 17.2 Å². The number of amides is 1. The van der Waals surface area contributed by atoms with Crippen LogP contribution in [0.5, 0.6) is 0 Å². The SMILES string of the molecule is CC(C)c1c(-c2cccc(N3CCCC3=O)c2)nc2c(C#N)c[nH]n2c1=O. The summed E-state index contributed by atoms with van der Waals surface area (Å²) in [5, 5.41) is 12.1. The van der Waals surface area contributed by atoms with Gasteiger partial charge in [-0.2, -0.15) is 5.26 Å². The van der Waals surface area contributed by atoms with E-state index in [1.54, 1.807) is 4.90 Å². The molecule has 1 aliphatic heterocycles. The van der Waals surface area contributed by atoms with E-state index >= 15 is 0 Å². The van der Waals surface area contributed by atoms with E-state index in [1.807, 2.05) is 38.1 Å². The average Bonchev–Trinajstić information content (AvgIpc) is 3.27. The zero-order valence-electron chi connectivity index (χ0n) is 15.2. The largest absolute Gasteiger partial charge is 0.312 e. The molecule has 0 spiro atoms. The molecule has 7 heteroatoms. The van der Waals surface area contributed by atoms with Crippen LogP contribution in [0.25, 0.3) is 16.9 Å². The molecule has 0 unspecified atom stereocenters. The number of anilines is 1. The van der Waals surface area contributed by atoms with Crippen LogP contribution in [-0.2, 0) is 4.79 Å². The maximum Gasteiger partial charge on any atom is 0.276 e. The molecule has 27 heavy (non-hydrogen) atoms. The van der Waals surface area contributed by atoms with Gasteiger partial charge < -0.3 is 4.90 Å². The minimum atomic E-state index is -0.214. The summed E-state index contributed by atoms with van der Waals surface area (Å²) in [6, 6.07) is 9.60. The molecule has 2 aromatic heterocycles. The molecule has 1 N–H and O–H groups in total. The Kier molecular flexibility index (Phi) is 4.04. The van der Waals surface area contributed by atoms with Crippen molar-refractivity contribution < 1.29 is 4.79 Å². The predicted octanol–water partition coefficient (Wildman–Crippen LogP) is 2.81. The van der Waals surface area contributed by atoms with Crippen molar-refractivity contribution in [3.63, 3.8) is 0 Å². The van der Waals surface area contributed by atoms with Gasteiger partial charge in [0.1, 0.15) is 11.6 Å². The zero-order valence-corrected chi connectivity index (χ0v) is 15.2. The number of hydrogen-bond donors (Lipinski definition) is 1. The number of aromatic nitrogens is 3. The maximum atomic E-state index is 13.0. The highest BCUT2D eigenvalue weighted by atomic mass is 16.2. The van der Waals surface area contributed by atoms with Crippen LogP contribution in [0.15, 0.2) is 35.3 Å². The molecule has 7 nitrogen and oxygen atoms in total. The van der Waals surface area contributed by atoms with Crippen molar-refractivity contribution in [1.82, 2.24) is 14.6 Å². The molecule has 0 aliphatic carbocycles. The molecule has 4 rings (SSSR count). The lowest BCUT2D eigenvalue weighted by molar-refractivity contribution is -0.117. The number of nitrogens with zero attached hydrogens (tertiary/aromatic N) is 4. The van der Waals surface area contributed by atoms with Gasteiger partial charge in [0.2, 0.25) is 5.91 Å². The van der Waals surface area contributed by atoms with Crippen LogP contribution in [-0.4, -0.2) is 27.0 Å². The zero-order chi connectivity index (χ0) is 19.1. The van der Waals surface area contributed by atoms with Gasteiger partial charge in [0.25, 0.3) is 5.56 Å². The molecule has 3 heterocycles. The third kappa shape index (κ3) is 2.70. The number of rotatable bonds is 3. The average molecular weight is 361 g/mol. The van der Waals surface area contributed by atoms with E-state index in [1.165, 1.54) is 10.7 Å². The lowest BCUT2D eigenvalue weighted by Crippen LogP contribution is -2.24. The van der Waals surface area contributed by atoms with Crippen molar-refractivity contribution in [3.05, 3.63) is 51.9 Å². The van der Waals surface area contributed by atoms with Crippen LogP contribution < -0.4 is 10.5 Å². The van der Waals surface area contributed by atoms with E-state index in [9.17, 15) is 14.9 Å². The highest BCUT2D eigenvalue weighted by Crippen LogP contribution is 2.30. The number of nitriles is 1. The van der Waals surface area contributed by atoms with Gasteiger partial charge in [-0.1, -0.05) is 26.0 Å². The van der Waals surface area contributed by atoms with Crippen LogP contribution in [0.1, 0.15) is 43.7 Å². The van der Waals surface area contributed by atoms with Gasteiger partial charge in [0.15, 0.2) is 5.65 Å². The Morgan fingerprint density at radius 1 is 1.30 bits per heavy atom. The first-order valence-corrected chi connectivity index (χ1v) is 8.96. The van der Waals surface area contributed by atoms with Crippen LogP contribution in [0.4, 0.5) is 5.69 Å². The summed E-state index contributed by atoms with van der Waals surface area (Å²) in [5.41, 5.74) is 3.11. The minimum absolute atomic E-state index is 0.0530. The Morgan fingerprint density at radius 3 is 2.78 bits per heavy atom. The number of nitrogens with one attached hydrogen (secondary N) is 1. The summed E-state index contributed by atoms with van der Waals surface area (Å²) >= 11 is 0. The van der Waals surface area contributed by atoms with Crippen molar-refractivity contribution in [2.45, 2.75) is 32.6 Å². The highest BCUT2D eigenvalue weighted by Gasteiger charge is 2.24. The van der Waals surface area contributed by atoms with Crippen LogP contribution in [0.2, 0.25) is 0 Å². The topological polar surface area (TPSA) is 94.3 Å². The fraction of sp³-hybridized carbons (Fsp3) is 0.300. The Labute approximate surface area is 155 Å². The second kappa shape index (κ2) is 6.40.